The molecule has 1 aromatic heterocycles. The molecule has 2 rings (SSSR count). The highest BCUT2D eigenvalue weighted by atomic mass is 32.2. The molecule has 1 aromatic carbocycles. The molecule has 1 heterocycles. The number of hydrogen-bond acceptors (Lipinski definition) is 4. The van der Waals surface area contributed by atoms with Crippen LogP contribution >= 0.6 is 12.2 Å². The van der Waals surface area contributed by atoms with E-state index in [0.717, 1.165) is 0 Å². The highest BCUT2D eigenvalue weighted by Gasteiger charge is 2.13. The van der Waals surface area contributed by atoms with Crippen molar-refractivity contribution < 1.29 is 8.42 Å². The summed E-state index contributed by atoms with van der Waals surface area (Å²) in [5.74, 6) is 0. The van der Waals surface area contributed by atoms with Crippen LogP contribution in [-0.2, 0) is 10.0 Å². The van der Waals surface area contributed by atoms with Crippen molar-refractivity contribution in [3.05, 3.63) is 54.4 Å². The van der Waals surface area contributed by atoms with Gasteiger partial charge in [0.15, 0.2) is 0 Å². The van der Waals surface area contributed by atoms with Crippen molar-refractivity contribution >= 4 is 32.9 Å². The molecule has 3 N–H and O–H groups in total. The molecule has 0 unspecified atom stereocenters. The molecule has 0 spiro atoms. The van der Waals surface area contributed by atoms with Gasteiger partial charge < -0.3 is 5.73 Å². The molecule has 19 heavy (non-hydrogen) atoms. The molecule has 0 fully saturated rings. The first-order valence-corrected chi connectivity index (χ1v) is 7.21. The SMILES string of the molecule is NC(=S)c1ccc(NS(=O)(=O)c2cccnc2)cc1. The van der Waals surface area contributed by atoms with Gasteiger partial charge in [-0.25, -0.2) is 8.42 Å². The van der Waals surface area contributed by atoms with E-state index in [1.807, 2.05) is 0 Å². The predicted octanol–water partition coefficient (Wildman–Crippen LogP) is 1.52. The fraction of sp³-hybridized carbons (Fsp3) is 0. The minimum Gasteiger partial charge on any atom is -0.389 e. The molecule has 5 nitrogen and oxygen atoms in total. The Kier molecular flexibility index (Phi) is 3.77. The van der Waals surface area contributed by atoms with Crippen LogP contribution in [0.4, 0.5) is 5.69 Å². The number of pyridine rings is 1. The maximum Gasteiger partial charge on any atom is 0.263 e. The van der Waals surface area contributed by atoms with E-state index in [1.165, 1.54) is 18.5 Å². The van der Waals surface area contributed by atoms with Crippen LogP contribution in [0.1, 0.15) is 5.56 Å². The number of hydrogen-bond donors (Lipinski definition) is 2. The van der Waals surface area contributed by atoms with Gasteiger partial charge in [0.2, 0.25) is 0 Å². The van der Waals surface area contributed by atoms with Crippen molar-refractivity contribution in [3.8, 4) is 0 Å². The molecule has 2 aromatic rings. The number of thiocarbonyl (C=S) groups is 1. The lowest BCUT2D eigenvalue weighted by Gasteiger charge is -2.08. The Balaban J connectivity index is 2.24. The molecule has 0 bridgehead atoms. The number of nitrogens with two attached hydrogens (primary N) is 1. The molecule has 0 atom stereocenters. The quantitative estimate of drug-likeness (QED) is 0.835. The summed E-state index contributed by atoms with van der Waals surface area (Å²) in [6, 6.07) is 9.54. The summed E-state index contributed by atoms with van der Waals surface area (Å²) in [6.45, 7) is 0. The van der Waals surface area contributed by atoms with Gasteiger partial charge in [-0.2, -0.15) is 0 Å². The van der Waals surface area contributed by atoms with Crippen molar-refractivity contribution in [2.75, 3.05) is 4.72 Å². The van der Waals surface area contributed by atoms with Crippen LogP contribution in [0.5, 0.6) is 0 Å². The lowest BCUT2D eigenvalue weighted by Crippen LogP contribution is -2.13. The average Bonchev–Trinajstić information content (AvgIpc) is 2.40. The van der Waals surface area contributed by atoms with Crippen molar-refractivity contribution in [1.29, 1.82) is 0 Å². The third kappa shape index (κ3) is 3.27. The Hall–Kier alpha value is -1.99. The molecule has 0 saturated heterocycles. The summed E-state index contributed by atoms with van der Waals surface area (Å²) in [5.41, 5.74) is 6.58. The van der Waals surface area contributed by atoms with E-state index >= 15 is 0 Å². The van der Waals surface area contributed by atoms with Gasteiger partial charge in [0.05, 0.1) is 0 Å². The lowest BCUT2D eigenvalue weighted by molar-refractivity contribution is 0.601. The zero-order valence-corrected chi connectivity index (χ0v) is 11.4. The van der Waals surface area contributed by atoms with Gasteiger partial charge in [0, 0.05) is 23.6 Å². The Morgan fingerprint density at radius 2 is 1.89 bits per heavy atom. The van der Waals surface area contributed by atoms with Crippen LogP contribution in [-0.4, -0.2) is 18.4 Å². The Morgan fingerprint density at radius 1 is 1.21 bits per heavy atom. The van der Waals surface area contributed by atoms with E-state index in [2.05, 4.69) is 9.71 Å². The second-order valence-electron chi connectivity index (χ2n) is 3.74. The Bertz CT molecular complexity index is 683. The van der Waals surface area contributed by atoms with Crippen LogP contribution in [0, 0.1) is 0 Å². The third-order valence-corrected chi connectivity index (χ3v) is 3.97. The molecule has 0 amide bonds. The lowest BCUT2D eigenvalue weighted by atomic mass is 10.2. The molecule has 7 heteroatoms. The summed E-state index contributed by atoms with van der Waals surface area (Å²) in [4.78, 5) is 4.15. The van der Waals surface area contributed by atoms with E-state index in [4.69, 9.17) is 18.0 Å². The minimum atomic E-state index is -3.62. The monoisotopic (exact) mass is 293 g/mol. The minimum absolute atomic E-state index is 0.105. The van der Waals surface area contributed by atoms with Crippen molar-refractivity contribution in [3.63, 3.8) is 0 Å². The maximum atomic E-state index is 12.0. The van der Waals surface area contributed by atoms with Gasteiger partial charge in [-0.15, -0.1) is 0 Å². The summed E-state index contributed by atoms with van der Waals surface area (Å²) in [6.07, 6.45) is 2.79. The number of sulfonamides is 1. The Morgan fingerprint density at radius 3 is 2.42 bits per heavy atom. The van der Waals surface area contributed by atoms with E-state index in [0.29, 0.717) is 11.3 Å². The fourth-order valence-corrected chi connectivity index (χ4v) is 2.58. The first-order valence-electron chi connectivity index (χ1n) is 5.32. The molecular weight excluding hydrogens is 282 g/mol. The number of aromatic nitrogens is 1. The van der Waals surface area contributed by atoms with Gasteiger partial charge in [0.25, 0.3) is 10.0 Å². The van der Waals surface area contributed by atoms with E-state index < -0.39 is 10.0 Å². The molecule has 0 aliphatic rings. The highest BCUT2D eigenvalue weighted by Crippen LogP contribution is 2.15. The number of benzene rings is 1. The van der Waals surface area contributed by atoms with E-state index in [-0.39, 0.29) is 9.88 Å². The normalized spacial score (nSPS) is 10.9. The van der Waals surface area contributed by atoms with Crippen molar-refractivity contribution in [1.82, 2.24) is 4.98 Å². The smallest absolute Gasteiger partial charge is 0.263 e. The second kappa shape index (κ2) is 5.33. The molecule has 98 valence electrons. The van der Waals surface area contributed by atoms with Crippen LogP contribution in [0.3, 0.4) is 0 Å². The van der Waals surface area contributed by atoms with E-state index in [1.54, 1.807) is 30.3 Å². The van der Waals surface area contributed by atoms with Crippen molar-refractivity contribution in [2.45, 2.75) is 4.90 Å². The van der Waals surface area contributed by atoms with Crippen LogP contribution in [0.25, 0.3) is 0 Å². The largest absolute Gasteiger partial charge is 0.389 e. The topological polar surface area (TPSA) is 85.1 Å². The molecule has 0 aliphatic heterocycles. The molecule has 0 radical (unpaired) electrons. The fourth-order valence-electron chi connectivity index (χ4n) is 1.42. The summed E-state index contributed by atoms with van der Waals surface area (Å²) < 4.78 is 26.5. The van der Waals surface area contributed by atoms with Crippen LogP contribution in [0.2, 0.25) is 0 Å². The van der Waals surface area contributed by atoms with Crippen LogP contribution in [0.15, 0.2) is 53.7 Å². The predicted molar refractivity (Wildman–Crippen MR) is 77.4 cm³/mol. The maximum absolute atomic E-state index is 12.0. The number of nitrogens with zero attached hydrogens (tertiary/aromatic N) is 1. The standard InChI is InChI=1S/C12H11N3O2S2/c13-12(18)9-3-5-10(6-4-9)15-19(16,17)11-2-1-7-14-8-11/h1-8,15H,(H2,13,18). The van der Waals surface area contributed by atoms with Gasteiger partial charge in [-0.05, 0) is 36.4 Å². The van der Waals surface area contributed by atoms with Crippen LogP contribution < -0.4 is 10.5 Å². The third-order valence-electron chi connectivity index (χ3n) is 2.37. The van der Waals surface area contributed by atoms with Gasteiger partial charge in [-0.1, -0.05) is 12.2 Å². The van der Waals surface area contributed by atoms with Crippen molar-refractivity contribution in [2.24, 2.45) is 5.73 Å². The van der Waals surface area contributed by atoms with Gasteiger partial charge >= 0.3 is 0 Å². The molecule has 0 saturated carbocycles. The molecule has 0 aliphatic carbocycles. The summed E-state index contributed by atoms with van der Waals surface area (Å²) >= 11 is 4.82. The van der Waals surface area contributed by atoms with Gasteiger partial charge in [-0.3, -0.25) is 9.71 Å². The van der Waals surface area contributed by atoms with Gasteiger partial charge in [0.1, 0.15) is 9.88 Å². The Labute approximate surface area is 116 Å². The zero-order valence-electron chi connectivity index (χ0n) is 9.78. The number of rotatable bonds is 4. The number of nitrogens with one attached hydrogen (secondary N) is 1. The average molecular weight is 293 g/mol. The highest BCUT2D eigenvalue weighted by molar-refractivity contribution is 7.92. The zero-order chi connectivity index (χ0) is 13.9. The summed E-state index contributed by atoms with van der Waals surface area (Å²) in [7, 11) is -3.62. The first-order chi connectivity index (χ1) is 8.99. The van der Waals surface area contributed by atoms with E-state index in [9.17, 15) is 8.42 Å². The molecular formula is C12H11N3O2S2. The number of anilines is 1. The second-order valence-corrected chi connectivity index (χ2v) is 5.86. The summed E-state index contributed by atoms with van der Waals surface area (Å²) in [5, 5.41) is 0. The first kappa shape index (κ1) is 13.4.